The zero-order valence-corrected chi connectivity index (χ0v) is 16.5. The van der Waals surface area contributed by atoms with Crippen molar-refractivity contribution in [1.29, 1.82) is 0 Å². The predicted octanol–water partition coefficient (Wildman–Crippen LogP) is 1.10. The molecule has 2 atom stereocenters. The Morgan fingerprint density at radius 1 is 1.15 bits per heavy atom. The van der Waals surface area contributed by atoms with Crippen LogP contribution in [0.2, 0.25) is 0 Å². The number of benzene rings is 1. The maximum absolute atomic E-state index is 12.1. The van der Waals surface area contributed by atoms with Gasteiger partial charge >= 0.3 is 11.9 Å². The van der Waals surface area contributed by atoms with Crippen LogP contribution in [0.15, 0.2) is 35.2 Å². The average Bonchev–Trinajstić information content (AvgIpc) is 2.68. The second-order valence-electron chi connectivity index (χ2n) is 6.00. The van der Waals surface area contributed by atoms with Crippen LogP contribution in [0, 0.1) is 5.92 Å². The third kappa shape index (κ3) is 7.38. The van der Waals surface area contributed by atoms with E-state index in [0.717, 1.165) is 0 Å². The molecule has 0 aliphatic carbocycles. The molecule has 0 bridgehead atoms. The fourth-order valence-electron chi connectivity index (χ4n) is 2.19. The Hall–Kier alpha value is -2.42. The fourth-order valence-corrected chi connectivity index (χ4v) is 3.44. The maximum atomic E-state index is 12.1. The Kier molecular flexibility index (Phi) is 8.93. The second-order valence-corrected chi connectivity index (χ2v) is 8.11. The van der Waals surface area contributed by atoms with Gasteiger partial charge in [0.15, 0.2) is 16.4 Å². The predicted molar refractivity (Wildman–Crippen MR) is 97.5 cm³/mol. The lowest BCUT2D eigenvalue weighted by molar-refractivity contribution is -0.150. The maximum Gasteiger partial charge on any atom is 0.328 e. The number of carbonyl (C=O) groups is 3. The largest absolute Gasteiger partial charge is 0.467 e. The molecular weight excluding hydrogens is 374 g/mol. The zero-order valence-electron chi connectivity index (χ0n) is 15.6. The van der Waals surface area contributed by atoms with Crippen LogP contribution in [-0.4, -0.2) is 51.8 Å². The summed E-state index contributed by atoms with van der Waals surface area (Å²) in [7, 11) is -2.39. The number of carbonyl (C=O) groups excluding carboxylic acids is 3. The van der Waals surface area contributed by atoms with Gasteiger partial charge in [-0.2, -0.15) is 0 Å². The quantitative estimate of drug-likeness (QED) is 0.586. The highest BCUT2D eigenvalue weighted by Gasteiger charge is 2.27. The molecule has 1 aromatic carbocycles. The van der Waals surface area contributed by atoms with E-state index in [0.29, 0.717) is 6.42 Å². The topological polar surface area (TPSA) is 116 Å². The minimum absolute atomic E-state index is 0.116. The third-order valence-electron chi connectivity index (χ3n) is 4.03. The summed E-state index contributed by atoms with van der Waals surface area (Å²) in [6.07, 6.45) is 0.257. The Bertz CT molecular complexity index is 746. The van der Waals surface area contributed by atoms with E-state index in [1.807, 2.05) is 6.92 Å². The van der Waals surface area contributed by atoms with Crippen molar-refractivity contribution in [3.63, 3.8) is 0 Å². The summed E-state index contributed by atoms with van der Waals surface area (Å²) >= 11 is 0. The number of sulfone groups is 1. The molecule has 0 aromatic heterocycles. The van der Waals surface area contributed by atoms with E-state index < -0.39 is 46.1 Å². The minimum Gasteiger partial charge on any atom is -0.467 e. The van der Waals surface area contributed by atoms with Crippen molar-refractivity contribution >= 4 is 27.7 Å². The first-order valence-corrected chi connectivity index (χ1v) is 10.2. The molecule has 27 heavy (non-hydrogen) atoms. The van der Waals surface area contributed by atoms with Crippen molar-refractivity contribution in [1.82, 2.24) is 5.32 Å². The Balaban J connectivity index is 2.49. The molecule has 0 spiro atoms. The summed E-state index contributed by atoms with van der Waals surface area (Å²) in [6, 6.07) is 6.90. The number of hydrogen-bond donors (Lipinski definition) is 1. The van der Waals surface area contributed by atoms with Gasteiger partial charge < -0.3 is 14.8 Å². The lowest BCUT2D eigenvalue weighted by Crippen LogP contribution is -2.47. The van der Waals surface area contributed by atoms with Crippen molar-refractivity contribution in [2.75, 3.05) is 19.5 Å². The Morgan fingerprint density at radius 2 is 1.78 bits per heavy atom. The number of hydrogen-bond acceptors (Lipinski definition) is 7. The van der Waals surface area contributed by atoms with Gasteiger partial charge in [-0.05, 0) is 18.1 Å². The normalized spacial score (nSPS) is 13.3. The van der Waals surface area contributed by atoms with Gasteiger partial charge in [-0.15, -0.1) is 0 Å². The van der Waals surface area contributed by atoms with Gasteiger partial charge in [0.1, 0.15) is 6.04 Å². The molecule has 1 aromatic rings. The molecule has 0 saturated carbocycles. The molecular formula is C18H25NO7S. The Morgan fingerprint density at radius 3 is 2.33 bits per heavy atom. The molecule has 0 aliphatic heterocycles. The van der Waals surface area contributed by atoms with Gasteiger partial charge in [-0.3, -0.25) is 9.59 Å². The highest BCUT2D eigenvalue weighted by Crippen LogP contribution is 2.12. The first-order chi connectivity index (χ1) is 12.7. The monoisotopic (exact) mass is 399 g/mol. The summed E-state index contributed by atoms with van der Waals surface area (Å²) < 4.78 is 33.6. The fraction of sp³-hybridized carbons (Fsp3) is 0.500. The molecule has 0 heterocycles. The van der Waals surface area contributed by atoms with E-state index in [9.17, 15) is 22.8 Å². The van der Waals surface area contributed by atoms with Crippen molar-refractivity contribution < 1.29 is 32.3 Å². The van der Waals surface area contributed by atoms with Crippen LogP contribution in [-0.2, 0) is 33.7 Å². The van der Waals surface area contributed by atoms with Crippen LogP contribution >= 0.6 is 0 Å². The minimum atomic E-state index is -3.60. The van der Waals surface area contributed by atoms with Gasteiger partial charge in [0, 0.05) is 0 Å². The molecule has 0 saturated heterocycles. The van der Waals surface area contributed by atoms with Gasteiger partial charge in [-0.1, -0.05) is 38.5 Å². The molecule has 0 aliphatic rings. The van der Waals surface area contributed by atoms with Gasteiger partial charge in [0.2, 0.25) is 0 Å². The van der Waals surface area contributed by atoms with Gasteiger partial charge in [0.25, 0.3) is 5.91 Å². The van der Waals surface area contributed by atoms with Gasteiger partial charge in [-0.25, -0.2) is 13.2 Å². The van der Waals surface area contributed by atoms with Crippen LogP contribution in [0.3, 0.4) is 0 Å². The Labute approximate surface area is 159 Å². The first-order valence-electron chi connectivity index (χ1n) is 8.51. The number of rotatable bonds is 10. The van der Waals surface area contributed by atoms with Crippen LogP contribution in [0.1, 0.15) is 26.7 Å². The molecule has 1 amide bonds. The van der Waals surface area contributed by atoms with Gasteiger partial charge in [0.05, 0.1) is 24.2 Å². The van der Waals surface area contributed by atoms with Crippen LogP contribution in [0.4, 0.5) is 0 Å². The first kappa shape index (κ1) is 22.6. The van der Waals surface area contributed by atoms with Crippen LogP contribution in [0.25, 0.3) is 0 Å². The lowest BCUT2D eigenvalue weighted by Gasteiger charge is -2.21. The summed E-state index contributed by atoms with van der Waals surface area (Å²) in [5, 5.41) is 2.46. The molecule has 1 N–H and O–H groups in total. The highest BCUT2D eigenvalue weighted by molar-refractivity contribution is 7.91. The number of methoxy groups -OCH3 is 1. The summed E-state index contributed by atoms with van der Waals surface area (Å²) in [6.45, 7) is 3.04. The van der Waals surface area contributed by atoms with E-state index in [2.05, 4.69) is 10.1 Å². The smallest absolute Gasteiger partial charge is 0.328 e. The molecule has 1 rings (SSSR count). The number of esters is 2. The molecule has 150 valence electrons. The molecule has 9 heteroatoms. The lowest BCUT2D eigenvalue weighted by atomic mass is 9.99. The van der Waals surface area contributed by atoms with Crippen LogP contribution in [0.5, 0.6) is 0 Å². The summed E-state index contributed by atoms with van der Waals surface area (Å²) in [5.74, 6) is -2.64. The number of ether oxygens (including phenoxy) is 2. The van der Waals surface area contributed by atoms with E-state index in [1.54, 1.807) is 25.1 Å². The van der Waals surface area contributed by atoms with E-state index in [4.69, 9.17) is 4.74 Å². The standard InChI is InChI=1S/C18H25NO7S/c1-4-13(2)17(18(22)25-3)19-15(20)12-26-16(21)10-11-27(23,24)14-8-6-5-7-9-14/h5-9,13,17H,4,10-12H2,1-3H3,(H,19,20)/t13-,17-/m0/s1. The van der Waals surface area contributed by atoms with Crippen molar-refractivity contribution in [2.24, 2.45) is 5.92 Å². The van der Waals surface area contributed by atoms with Crippen molar-refractivity contribution in [3.05, 3.63) is 30.3 Å². The van der Waals surface area contributed by atoms with E-state index in [1.165, 1.54) is 19.2 Å². The summed E-state index contributed by atoms with van der Waals surface area (Å²) in [4.78, 5) is 35.5. The second kappa shape index (κ2) is 10.7. The number of amides is 1. The van der Waals surface area contributed by atoms with Crippen molar-refractivity contribution in [2.45, 2.75) is 37.6 Å². The molecule has 8 nitrogen and oxygen atoms in total. The highest BCUT2D eigenvalue weighted by atomic mass is 32.2. The number of nitrogens with one attached hydrogen (secondary N) is 1. The van der Waals surface area contributed by atoms with E-state index >= 15 is 0 Å². The van der Waals surface area contributed by atoms with Crippen molar-refractivity contribution in [3.8, 4) is 0 Å². The van der Waals surface area contributed by atoms with E-state index in [-0.39, 0.29) is 17.2 Å². The van der Waals surface area contributed by atoms with Crippen LogP contribution < -0.4 is 5.32 Å². The third-order valence-corrected chi connectivity index (χ3v) is 5.76. The SMILES string of the molecule is CC[C@H](C)[C@H](NC(=O)COC(=O)CCS(=O)(=O)c1ccccc1)C(=O)OC. The molecule has 0 radical (unpaired) electrons. The summed E-state index contributed by atoms with van der Waals surface area (Å²) in [5.41, 5.74) is 0. The molecule has 0 fully saturated rings. The average molecular weight is 399 g/mol. The zero-order chi connectivity index (χ0) is 20.4. The molecule has 0 unspecified atom stereocenters.